The summed E-state index contributed by atoms with van der Waals surface area (Å²) >= 11 is 0. The molecule has 0 spiro atoms. The average molecular weight is 205 g/mol. The Morgan fingerprint density at radius 3 is 3.00 bits per heavy atom. The van der Waals surface area contributed by atoms with Crippen molar-refractivity contribution in [3.63, 3.8) is 0 Å². The summed E-state index contributed by atoms with van der Waals surface area (Å²) in [5.74, 6) is 1.86. The number of carbonyl (C=O) groups is 1. The summed E-state index contributed by atoms with van der Waals surface area (Å²) in [5, 5.41) is 11.6. The first-order valence-corrected chi connectivity index (χ1v) is 4.45. The number of hydrogen-bond donors (Lipinski definition) is 2. The molecular formula is C10H11N3O2. The number of hydrogen-bond acceptors (Lipinski definition) is 4. The van der Waals surface area contributed by atoms with Crippen LogP contribution in [0.5, 0.6) is 0 Å². The molecule has 1 atom stereocenters. The van der Waals surface area contributed by atoms with Crippen molar-refractivity contribution in [3.8, 4) is 12.3 Å². The van der Waals surface area contributed by atoms with Crippen LogP contribution in [0.2, 0.25) is 0 Å². The lowest BCUT2D eigenvalue weighted by Gasteiger charge is -2.10. The number of nitrogens with zero attached hydrogens (tertiary/aromatic N) is 2. The van der Waals surface area contributed by atoms with E-state index in [2.05, 4.69) is 21.2 Å². The lowest BCUT2D eigenvalue weighted by atomic mass is 10.2. The molecule has 0 saturated carbocycles. The Morgan fingerprint density at radius 1 is 1.73 bits per heavy atom. The molecule has 78 valence electrons. The predicted molar refractivity (Wildman–Crippen MR) is 55.5 cm³/mol. The third-order valence-electron chi connectivity index (χ3n) is 1.82. The Labute approximate surface area is 87.6 Å². The molecule has 2 N–H and O–H groups in total. The predicted octanol–water partition coefficient (Wildman–Crippen LogP) is 0.998. The normalized spacial score (nSPS) is 11.5. The Balaban J connectivity index is 2.83. The van der Waals surface area contributed by atoms with Crippen LogP contribution < -0.4 is 5.32 Å². The molecule has 0 aliphatic carbocycles. The molecule has 1 rings (SSSR count). The van der Waals surface area contributed by atoms with Gasteiger partial charge in [0.05, 0.1) is 6.04 Å². The highest BCUT2D eigenvalue weighted by atomic mass is 16.4. The van der Waals surface area contributed by atoms with Gasteiger partial charge in [0, 0.05) is 6.07 Å². The van der Waals surface area contributed by atoms with E-state index in [1.165, 1.54) is 12.4 Å². The van der Waals surface area contributed by atoms with Crippen LogP contribution in [0.4, 0.5) is 5.82 Å². The van der Waals surface area contributed by atoms with Gasteiger partial charge in [-0.15, -0.1) is 6.42 Å². The number of nitrogens with one attached hydrogen (secondary N) is 1. The summed E-state index contributed by atoms with van der Waals surface area (Å²) in [4.78, 5) is 18.1. The second-order valence-corrected chi connectivity index (χ2v) is 2.87. The molecule has 0 saturated heterocycles. The van der Waals surface area contributed by atoms with E-state index in [9.17, 15) is 4.79 Å². The van der Waals surface area contributed by atoms with Gasteiger partial charge < -0.3 is 10.4 Å². The molecule has 5 heteroatoms. The average Bonchev–Trinajstić information content (AvgIpc) is 2.26. The smallest absolute Gasteiger partial charge is 0.354 e. The summed E-state index contributed by atoms with van der Waals surface area (Å²) < 4.78 is 0. The molecule has 5 nitrogen and oxygen atoms in total. The van der Waals surface area contributed by atoms with Crippen molar-refractivity contribution < 1.29 is 9.90 Å². The van der Waals surface area contributed by atoms with E-state index in [-0.39, 0.29) is 11.7 Å². The van der Waals surface area contributed by atoms with E-state index in [0.29, 0.717) is 5.82 Å². The molecule has 15 heavy (non-hydrogen) atoms. The zero-order chi connectivity index (χ0) is 11.3. The first kappa shape index (κ1) is 11.0. The number of anilines is 1. The highest BCUT2D eigenvalue weighted by molar-refractivity contribution is 5.86. The van der Waals surface area contributed by atoms with Crippen LogP contribution in [-0.2, 0) is 0 Å². The molecule has 1 unspecified atom stereocenters. The molecule has 0 aliphatic rings. The minimum absolute atomic E-state index is 0.0561. The minimum Gasteiger partial charge on any atom is -0.477 e. The van der Waals surface area contributed by atoms with Crippen LogP contribution in [0.25, 0.3) is 0 Å². The summed E-state index contributed by atoms with van der Waals surface area (Å²) in [6, 6.07) is 1.20. The van der Waals surface area contributed by atoms with Crippen molar-refractivity contribution in [2.45, 2.75) is 19.4 Å². The fraction of sp³-hybridized carbons (Fsp3) is 0.300. The van der Waals surface area contributed by atoms with Crippen LogP contribution >= 0.6 is 0 Å². The van der Waals surface area contributed by atoms with Crippen molar-refractivity contribution in [2.24, 2.45) is 0 Å². The maximum atomic E-state index is 10.6. The van der Waals surface area contributed by atoms with Crippen LogP contribution in [-0.4, -0.2) is 27.1 Å². The molecule has 0 aliphatic heterocycles. The zero-order valence-electron chi connectivity index (χ0n) is 8.27. The zero-order valence-corrected chi connectivity index (χ0v) is 8.27. The van der Waals surface area contributed by atoms with Gasteiger partial charge in [0.2, 0.25) is 0 Å². The quantitative estimate of drug-likeness (QED) is 0.717. The maximum absolute atomic E-state index is 10.6. The van der Waals surface area contributed by atoms with Crippen LogP contribution in [0.1, 0.15) is 23.8 Å². The fourth-order valence-corrected chi connectivity index (χ4v) is 0.993. The summed E-state index contributed by atoms with van der Waals surface area (Å²) in [6.07, 6.45) is 7.19. The van der Waals surface area contributed by atoms with Crippen LogP contribution in [0.3, 0.4) is 0 Å². The van der Waals surface area contributed by atoms with Crippen molar-refractivity contribution in [1.82, 2.24) is 9.97 Å². The number of carboxylic acids is 1. The summed E-state index contributed by atoms with van der Waals surface area (Å²) in [6.45, 7) is 1.93. The van der Waals surface area contributed by atoms with Gasteiger partial charge >= 0.3 is 5.97 Å². The van der Waals surface area contributed by atoms with E-state index in [0.717, 1.165) is 6.42 Å². The number of rotatable bonds is 4. The molecule has 0 aromatic carbocycles. The van der Waals surface area contributed by atoms with E-state index < -0.39 is 5.97 Å². The molecule has 0 bridgehead atoms. The number of carboxylic acid groups (broad SMARTS) is 1. The molecular weight excluding hydrogens is 194 g/mol. The number of aromatic nitrogens is 2. The van der Waals surface area contributed by atoms with E-state index in [1.54, 1.807) is 0 Å². The minimum atomic E-state index is -1.09. The van der Waals surface area contributed by atoms with Crippen molar-refractivity contribution in [2.75, 3.05) is 5.32 Å². The number of aromatic carboxylic acids is 1. The van der Waals surface area contributed by atoms with Crippen molar-refractivity contribution >= 4 is 11.8 Å². The first-order chi connectivity index (χ1) is 7.17. The standard InChI is InChI=1S/C10H11N3O2/c1-3-7(4-2)13-9-5-8(10(14)15)11-6-12-9/h1,5-7H,4H2,2H3,(H,14,15)(H,11,12,13). The third-order valence-corrected chi connectivity index (χ3v) is 1.82. The van der Waals surface area contributed by atoms with E-state index in [1.807, 2.05) is 6.92 Å². The topological polar surface area (TPSA) is 75.1 Å². The van der Waals surface area contributed by atoms with Crippen molar-refractivity contribution in [1.29, 1.82) is 0 Å². The molecule has 1 aromatic heterocycles. The Hall–Kier alpha value is -2.09. The van der Waals surface area contributed by atoms with E-state index >= 15 is 0 Å². The van der Waals surface area contributed by atoms with E-state index in [4.69, 9.17) is 11.5 Å². The SMILES string of the molecule is C#CC(CC)Nc1cc(C(=O)O)ncn1. The van der Waals surface area contributed by atoms with Gasteiger partial charge in [-0.1, -0.05) is 12.8 Å². The van der Waals surface area contributed by atoms with Gasteiger partial charge in [-0.05, 0) is 6.42 Å². The largest absolute Gasteiger partial charge is 0.477 e. The summed E-state index contributed by atoms with van der Waals surface area (Å²) in [5.41, 5.74) is -0.0561. The second kappa shape index (κ2) is 4.96. The molecule has 1 aromatic rings. The van der Waals surface area contributed by atoms with Gasteiger partial charge in [-0.3, -0.25) is 0 Å². The van der Waals surface area contributed by atoms with Gasteiger partial charge in [0.1, 0.15) is 12.1 Å². The van der Waals surface area contributed by atoms with Gasteiger partial charge in [0.25, 0.3) is 0 Å². The lowest BCUT2D eigenvalue weighted by Crippen LogP contribution is -2.17. The maximum Gasteiger partial charge on any atom is 0.354 e. The van der Waals surface area contributed by atoms with Crippen molar-refractivity contribution in [3.05, 3.63) is 18.1 Å². The molecule has 0 fully saturated rings. The highest BCUT2D eigenvalue weighted by Gasteiger charge is 2.07. The monoisotopic (exact) mass is 205 g/mol. The lowest BCUT2D eigenvalue weighted by molar-refractivity contribution is 0.0690. The van der Waals surface area contributed by atoms with Crippen LogP contribution in [0, 0.1) is 12.3 Å². The Kier molecular flexibility index (Phi) is 3.63. The summed E-state index contributed by atoms with van der Waals surface area (Å²) in [7, 11) is 0. The highest BCUT2D eigenvalue weighted by Crippen LogP contribution is 2.06. The molecule has 1 heterocycles. The molecule has 0 amide bonds. The second-order valence-electron chi connectivity index (χ2n) is 2.87. The number of terminal acetylenes is 1. The Bertz CT molecular complexity index is 398. The van der Waals surface area contributed by atoms with Gasteiger partial charge in [-0.25, -0.2) is 14.8 Å². The van der Waals surface area contributed by atoms with Gasteiger partial charge in [0.15, 0.2) is 5.69 Å². The fourth-order valence-electron chi connectivity index (χ4n) is 0.993. The third kappa shape index (κ3) is 2.95. The molecule has 0 radical (unpaired) electrons. The first-order valence-electron chi connectivity index (χ1n) is 4.45. The Morgan fingerprint density at radius 2 is 2.47 bits per heavy atom. The van der Waals surface area contributed by atoms with Crippen LogP contribution in [0.15, 0.2) is 12.4 Å². The van der Waals surface area contributed by atoms with Gasteiger partial charge in [-0.2, -0.15) is 0 Å².